The molecule has 37 heavy (non-hydrogen) atoms. The van der Waals surface area contributed by atoms with E-state index in [4.69, 9.17) is 14.6 Å². The number of alkyl halides is 9. The maximum absolute atomic E-state index is 13.5. The fourth-order valence-corrected chi connectivity index (χ4v) is 3.05. The van der Waals surface area contributed by atoms with E-state index in [0.29, 0.717) is 13.0 Å². The number of hydrogen-bond donors (Lipinski definition) is 2. The van der Waals surface area contributed by atoms with Crippen molar-refractivity contribution in [2.24, 2.45) is 5.92 Å². The molecule has 0 radical (unpaired) electrons. The Kier molecular flexibility index (Phi) is 11.8. The van der Waals surface area contributed by atoms with Gasteiger partial charge in [0.05, 0.1) is 25.4 Å². The molecule has 0 amide bonds. The fraction of sp³-hybridized carbons (Fsp3) is 0.667. The van der Waals surface area contributed by atoms with Gasteiger partial charge in [0.2, 0.25) is 0 Å². The summed E-state index contributed by atoms with van der Waals surface area (Å²) < 4.78 is 126. The maximum Gasteiger partial charge on any atom is 0.460 e. The molecule has 1 aromatic rings. The van der Waals surface area contributed by atoms with Crippen LogP contribution in [0.4, 0.5) is 39.5 Å². The van der Waals surface area contributed by atoms with E-state index in [2.05, 4.69) is 0 Å². The van der Waals surface area contributed by atoms with Crippen LogP contribution >= 0.6 is 0 Å². The van der Waals surface area contributed by atoms with Crippen LogP contribution in [0.15, 0.2) is 36.4 Å². The molecule has 0 heterocycles. The normalized spacial score (nSPS) is 16.1. The first-order chi connectivity index (χ1) is 16.9. The first-order valence-corrected chi connectivity index (χ1v) is 11.4. The van der Waals surface area contributed by atoms with Crippen LogP contribution in [0.2, 0.25) is 0 Å². The van der Waals surface area contributed by atoms with Crippen LogP contribution in [0.25, 0.3) is 0 Å². The Balaban J connectivity index is 2.44. The van der Waals surface area contributed by atoms with Gasteiger partial charge in [-0.15, -0.1) is 0 Å². The molecule has 0 saturated carbocycles. The molecular weight excluding hydrogens is 523 g/mol. The van der Waals surface area contributed by atoms with Gasteiger partial charge in [0.1, 0.15) is 5.75 Å². The van der Waals surface area contributed by atoms with Crippen LogP contribution in [0, 0.1) is 5.92 Å². The van der Waals surface area contributed by atoms with E-state index in [1.807, 2.05) is 13.0 Å². The summed E-state index contributed by atoms with van der Waals surface area (Å²) in [4.78, 5) is 0. The van der Waals surface area contributed by atoms with Gasteiger partial charge in [-0.3, -0.25) is 0 Å². The molecule has 0 aliphatic rings. The van der Waals surface area contributed by atoms with Crippen molar-refractivity contribution in [3.05, 3.63) is 42.0 Å². The second kappa shape index (κ2) is 13.2. The van der Waals surface area contributed by atoms with E-state index in [9.17, 15) is 44.6 Å². The first-order valence-electron chi connectivity index (χ1n) is 11.4. The molecule has 1 aromatic carbocycles. The minimum absolute atomic E-state index is 0.0362. The molecule has 4 nitrogen and oxygen atoms in total. The van der Waals surface area contributed by atoms with Gasteiger partial charge >= 0.3 is 23.9 Å². The number of ether oxygens (including phenoxy) is 2. The monoisotopic (exact) mass is 554 g/mol. The summed E-state index contributed by atoms with van der Waals surface area (Å²) in [5.74, 6) is -18.9. The summed E-state index contributed by atoms with van der Waals surface area (Å²) in [7, 11) is 0. The van der Waals surface area contributed by atoms with E-state index in [1.165, 1.54) is 12.1 Å². The Morgan fingerprint density at radius 1 is 0.919 bits per heavy atom. The summed E-state index contributed by atoms with van der Waals surface area (Å²) in [6, 6.07) is 6.01. The lowest BCUT2D eigenvalue weighted by Gasteiger charge is -2.33. The Labute approximate surface area is 209 Å². The zero-order valence-electron chi connectivity index (χ0n) is 20.3. The lowest BCUT2D eigenvalue weighted by atomic mass is 9.97. The summed E-state index contributed by atoms with van der Waals surface area (Å²) in [6.45, 7) is 3.37. The molecule has 0 bridgehead atoms. The van der Waals surface area contributed by atoms with Crippen LogP contribution in [0.3, 0.4) is 0 Å². The van der Waals surface area contributed by atoms with Gasteiger partial charge < -0.3 is 19.7 Å². The number of aliphatic hydroxyl groups is 2. The molecule has 13 heteroatoms. The maximum atomic E-state index is 13.5. The van der Waals surface area contributed by atoms with Gasteiger partial charge in [0.15, 0.2) is 0 Å². The van der Waals surface area contributed by atoms with Gasteiger partial charge in [0.25, 0.3) is 0 Å². The highest BCUT2D eigenvalue weighted by atomic mass is 19.4. The number of rotatable bonds is 16. The zero-order valence-corrected chi connectivity index (χ0v) is 20.3. The second-order valence-electron chi connectivity index (χ2n) is 9.04. The van der Waals surface area contributed by atoms with Gasteiger partial charge in [-0.2, -0.15) is 39.5 Å². The summed E-state index contributed by atoms with van der Waals surface area (Å²) in [6.07, 6.45) is -5.38. The summed E-state index contributed by atoms with van der Waals surface area (Å²) in [5.41, 5.74) is -0.279. The minimum atomic E-state index is -6.89. The number of halogens is 9. The lowest BCUT2D eigenvalue weighted by molar-refractivity contribution is -0.396. The Bertz CT molecular complexity index is 838. The fourth-order valence-electron chi connectivity index (χ4n) is 3.05. The average molecular weight is 554 g/mol. The molecule has 2 atom stereocenters. The minimum Gasteiger partial charge on any atom is -0.494 e. The van der Waals surface area contributed by atoms with Crippen molar-refractivity contribution in [3.8, 4) is 5.75 Å². The van der Waals surface area contributed by atoms with Gasteiger partial charge in [-0.05, 0) is 49.8 Å². The molecule has 1 rings (SSSR count). The Morgan fingerprint density at radius 2 is 1.51 bits per heavy atom. The molecule has 0 unspecified atom stereocenters. The third-order valence-corrected chi connectivity index (χ3v) is 5.36. The number of aliphatic hydroxyl groups excluding tert-OH is 1. The third-order valence-electron chi connectivity index (χ3n) is 5.36. The third kappa shape index (κ3) is 9.68. The summed E-state index contributed by atoms with van der Waals surface area (Å²) >= 11 is 0. The highest BCUT2D eigenvalue weighted by molar-refractivity contribution is 5.26. The SMILES string of the molecule is C[C@H](C=CC[C@](C)(O)CCO)COCc1ccc(OCCCC(F)(F)C(F)(F)C(F)(F)C(F)(F)F)cc1. The molecule has 214 valence electrons. The van der Waals surface area contributed by atoms with E-state index >= 15 is 0 Å². The van der Waals surface area contributed by atoms with Crippen molar-refractivity contribution >= 4 is 0 Å². The number of benzene rings is 1. The molecule has 0 fully saturated rings. The van der Waals surface area contributed by atoms with Crippen molar-refractivity contribution in [3.63, 3.8) is 0 Å². The predicted octanol–water partition coefficient (Wildman–Crippen LogP) is 6.55. The molecule has 0 spiro atoms. The molecule has 0 saturated heterocycles. The zero-order chi connectivity index (χ0) is 28.5. The quantitative estimate of drug-likeness (QED) is 0.138. The van der Waals surface area contributed by atoms with E-state index < -0.39 is 49.0 Å². The van der Waals surface area contributed by atoms with Crippen molar-refractivity contribution < 1.29 is 59.2 Å². The lowest BCUT2D eigenvalue weighted by Crippen LogP contribution is -2.60. The van der Waals surface area contributed by atoms with Crippen LogP contribution < -0.4 is 4.74 Å². The molecule has 0 aliphatic heterocycles. The summed E-state index contributed by atoms with van der Waals surface area (Å²) in [5, 5.41) is 18.9. The highest BCUT2D eigenvalue weighted by Gasteiger charge is 2.81. The van der Waals surface area contributed by atoms with Gasteiger partial charge in [-0.1, -0.05) is 31.2 Å². The number of hydrogen-bond acceptors (Lipinski definition) is 4. The largest absolute Gasteiger partial charge is 0.494 e. The average Bonchev–Trinajstić information content (AvgIpc) is 2.76. The van der Waals surface area contributed by atoms with Crippen molar-refractivity contribution in [2.75, 3.05) is 19.8 Å². The van der Waals surface area contributed by atoms with Gasteiger partial charge in [-0.25, -0.2) is 0 Å². The van der Waals surface area contributed by atoms with Crippen molar-refractivity contribution in [2.45, 2.75) is 75.7 Å². The second-order valence-corrected chi connectivity index (χ2v) is 9.04. The standard InChI is InChI=1S/C24H31F9O4/c1-17(5-3-10-20(2,35)12-13-34)15-36-16-18-6-8-19(9-7-18)37-14-4-11-21(25,26)22(27,28)23(29,30)24(31,32)33/h3,5-9,17,34-35H,4,10-16H2,1-2H3/t17-,20+/m1/s1. The topological polar surface area (TPSA) is 58.9 Å². The van der Waals surface area contributed by atoms with Crippen molar-refractivity contribution in [1.82, 2.24) is 0 Å². The van der Waals surface area contributed by atoms with Crippen LogP contribution in [-0.4, -0.2) is 59.6 Å². The van der Waals surface area contributed by atoms with Gasteiger partial charge in [0, 0.05) is 13.0 Å². The highest BCUT2D eigenvalue weighted by Crippen LogP contribution is 2.54. The molecule has 0 aromatic heterocycles. The molecular formula is C24H31F9O4. The van der Waals surface area contributed by atoms with Crippen molar-refractivity contribution in [1.29, 1.82) is 0 Å². The molecule has 0 aliphatic carbocycles. The van der Waals surface area contributed by atoms with E-state index in [0.717, 1.165) is 5.56 Å². The Hall–Kier alpha value is -1.99. The predicted molar refractivity (Wildman–Crippen MR) is 117 cm³/mol. The smallest absolute Gasteiger partial charge is 0.460 e. The van der Waals surface area contributed by atoms with Crippen LogP contribution in [0.5, 0.6) is 5.75 Å². The Morgan fingerprint density at radius 3 is 2.05 bits per heavy atom. The van der Waals surface area contributed by atoms with E-state index in [-0.39, 0.29) is 31.3 Å². The molecule has 2 N–H and O–H groups in total. The first kappa shape index (κ1) is 33.0. The van der Waals surface area contributed by atoms with Crippen LogP contribution in [-0.2, 0) is 11.3 Å². The van der Waals surface area contributed by atoms with Crippen LogP contribution in [0.1, 0.15) is 45.1 Å². The van der Waals surface area contributed by atoms with E-state index in [1.54, 1.807) is 25.1 Å².